The molecule has 0 spiro atoms. The molecule has 6 rings (SSSR count). The molecule has 0 unspecified atom stereocenters. The van der Waals surface area contributed by atoms with Gasteiger partial charge in [-0.05, 0) is 29.8 Å². The maximum atomic E-state index is 13.3. The van der Waals surface area contributed by atoms with Crippen LogP contribution >= 0.6 is 11.6 Å². The number of carbonyl (C=O) groups excluding carboxylic acids is 1. The molecule has 0 radical (unpaired) electrons. The lowest BCUT2D eigenvalue weighted by atomic mass is 9.98. The van der Waals surface area contributed by atoms with Crippen molar-refractivity contribution in [3.63, 3.8) is 0 Å². The first-order valence-corrected chi connectivity index (χ1v) is 10.9. The third-order valence-electron chi connectivity index (χ3n) is 5.78. The highest BCUT2D eigenvalue weighted by atomic mass is 35.5. The van der Waals surface area contributed by atoms with Gasteiger partial charge in [-0.3, -0.25) is 4.79 Å². The minimum Gasteiger partial charge on any atom is -0.486 e. The predicted octanol–water partition coefficient (Wildman–Crippen LogP) is 5.24. The first-order chi connectivity index (χ1) is 16.2. The van der Waals surface area contributed by atoms with Crippen molar-refractivity contribution in [1.29, 1.82) is 0 Å². The Balaban J connectivity index is 1.44. The highest BCUT2D eigenvalue weighted by molar-refractivity contribution is 6.30. The number of hydrogen-bond donors (Lipinski definition) is 0. The van der Waals surface area contributed by atoms with Crippen LogP contribution in [0, 0.1) is 0 Å². The van der Waals surface area contributed by atoms with Crippen LogP contribution in [-0.2, 0) is 0 Å². The second-order valence-corrected chi connectivity index (χ2v) is 8.17. The summed E-state index contributed by atoms with van der Waals surface area (Å²) in [5.74, 6) is 1.19. The van der Waals surface area contributed by atoms with Gasteiger partial charge in [0.15, 0.2) is 17.3 Å². The van der Waals surface area contributed by atoms with Crippen molar-refractivity contribution in [2.75, 3.05) is 13.2 Å². The molecule has 0 aliphatic carbocycles. The van der Waals surface area contributed by atoms with E-state index in [-0.39, 0.29) is 11.7 Å². The molecule has 0 saturated heterocycles. The summed E-state index contributed by atoms with van der Waals surface area (Å²) < 4.78 is 16.7. The standard InChI is InChI=1S/C25H18ClN3O4/c26-24-17(11-16-12-22-23(14-18(16)27-24)33-10-9-32-22)20-13-19(15-5-2-1-3-6-15)28-29(20)25(30)21-7-4-8-31-21/h1-8,11-12,14,20H,9-10,13H2/t20-/m0/s1. The fourth-order valence-corrected chi connectivity index (χ4v) is 4.47. The minimum atomic E-state index is -0.435. The highest BCUT2D eigenvalue weighted by Gasteiger charge is 2.36. The second-order valence-electron chi connectivity index (χ2n) is 7.82. The van der Waals surface area contributed by atoms with Crippen LogP contribution in [0.15, 0.2) is 76.4 Å². The van der Waals surface area contributed by atoms with Gasteiger partial charge in [-0.1, -0.05) is 41.9 Å². The smallest absolute Gasteiger partial charge is 0.310 e. The van der Waals surface area contributed by atoms with Crippen LogP contribution in [0.25, 0.3) is 10.9 Å². The Labute approximate surface area is 194 Å². The van der Waals surface area contributed by atoms with Gasteiger partial charge in [-0.25, -0.2) is 9.99 Å². The number of ether oxygens (including phenoxy) is 2. The van der Waals surface area contributed by atoms with E-state index in [2.05, 4.69) is 10.1 Å². The number of aromatic nitrogens is 1. The summed E-state index contributed by atoms with van der Waals surface area (Å²) in [5, 5.41) is 7.27. The second kappa shape index (κ2) is 7.94. The molecule has 0 saturated carbocycles. The van der Waals surface area contributed by atoms with Crippen LogP contribution in [0.5, 0.6) is 11.5 Å². The Morgan fingerprint density at radius 2 is 1.79 bits per heavy atom. The molecule has 2 aliphatic rings. The van der Waals surface area contributed by atoms with E-state index in [1.165, 1.54) is 11.3 Å². The number of benzene rings is 2. The highest BCUT2D eigenvalue weighted by Crippen LogP contribution is 2.40. The molecule has 0 N–H and O–H groups in total. The molecule has 0 bridgehead atoms. The summed E-state index contributed by atoms with van der Waals surface area (Å²) in [6.45, 7) is 0.991. The van der Waals surface area contributed by atoms with Crippen molar-refractivity contribution >= 4 is 34.1 Å². The van der Waals surface area contributed by atoms with Crippen LogP contribution < -0.4 is 9.47 Å². The van der Waals surface area contributed by atoms with E-state index in [0.717, 1.165) is 16.7 Å². The summed E-state index contributed by atoms with van der Waals surface area (Å²) in [4.78, 5) is 17.9. The zero-order valence-electron chi connectivity index (χ0n) is 17.4. The SMILES string of the molecule is O=C(c1ccco1)N1N=C(c2ccccc2)C[C@H]1c1cc2cc3c(cc2nc1Cl)OCCO3. The lowest BCUT2D eigenvalue weighted by molar-refractivity contribution is 0.0678. The first kappa shape index (κ1) is 19.8. The molecular weight excluding hydrogens is 442 g/mol. The predicted molar refractivity (Wildman–Crippen MR) is 123 cm³/mol. The molecule has 1 amide bonds. The molecule has 1 atom stereocenters. The third-order valence-corrected chi connectivity index (χ3v) is 6.08. The fourth-order valence-electron chi connectivity index (χ4n) is 4.20. The van der Waals surface area contributed by atoms with E-state index in [0.29, 0.717) is 47.4 Å². The number of nitrogens with zero attached hydrogens (tertiary/aromatic N) is 3. The van der Waals surface area contributed by atoms with Gasteiger partial charge in [0, 0.05) is 23.4 Å². The molecule has 4 heterocycles. The molecular formula is C25H18ClN3O4. The van der Waals surface area contributed by atoms with Crippen molar-refractivity contribution in [3.05, 3.63) is 89.0 Å². The van der Waals surface area contributed by atoms with Crippen LogP contribution in [0.4, 0.5) is 0 Å². The van der Waals surface area contributed by atoms with E-state index in [9.17, 15) is 4.79 Å². The summed E-state index contributed by atoms with van der Waals surface area (Å²) in [6, 6.07) is 18.3. The van der Waals surface area contributed by atoms with Crippen molar-refractivity contribution in [2.24, 2.45) is 5.10 Å². The molecule has 4 aromatic rings. The van der Waals surface area contributed by atoms with Crippen molar-refractivity contribution in [3.8, 4) is 11.5 Å². The van der Waals surface area contributed by atoms with E-state index in [4.69, 9.17) is 25.5 Å². The lowest BCUT2D eigenvalue weighted by Gasteiger charge is -2.23. The Hall–Kier alpha value is -3.84. The first-order valence-electron chi connectivity index (χ1n) is 10.6. The average molecular weight is 460 g/mol. The largest absolute Gasteiger partial charge is 0.486 e. The number of hydrazone groups is 1. The van der Waals surface area contributed by atoms with E-state index < -0.39 is 6.04 Å². The lowest BCUT2D eigenvalue weighted by Crippen LogP contribution is -2.27. The average Bonchev–Trinajstić information content (AvgIpc) is 3.53. The molecule has 164 valence electrons. The molecule has 8 heteroatoms. The number of carbonyl (C=O) groups is 1. The number of amides is 1. The fraction of sp³-hybridized carbons (Fsp3) is 0.160. The van der Waals surface area contributed by atoms with Gasteiger partial charge in [-0.2, -0.15) is 5.10 Å². The summed E-state index contributed by atoms with van der Waals surface area (Å²) >= 11 is 6.66. The van der Waals surface area contributed by atoms with Gasteiger partial charge in [0.2, 0.25) is 0 Å². The van der Waals surface area contributed by atoms with Crippen LogP contribution in [0.1, 0.15) is 34.1 Å². The Bertz CT molecular complexity index is 1390. The van der Waals surface area contributed by atoms with Crippen molar-refractivity contribution in [1.82, 2.24) is 9.99 Å². The molecule has 2 aromatic heterocycles. The number of rotatable bonds is 3. The topological polar surface area (TPSA) is 77.2 Å². The van der Waals surface area contributed by atoms with Crippen molar-refractivity contribution in [2.45, 2.75) is 12.5 Å². The normalized spacial score (nSPS) is 17.3. The number of hydrogen-bond acceptors (Lipinski definition) is 6. The Morgan fingerprint density at radius 3 is 2.55 bits per heavy atom. The van der Waals surface area contributed by atoms with E-state index in [1.54, 1.807) is 12.1 Å². The van der Waals surface area contributed by atoms with Crippen LogP contribution in [-0.4, -0.2) is 34.8 Å². The van der Waals surface area contributed by atoms with Crippen molar-refractivity contribution < 1.29 is 18.7 Å². The zero-order valence-corrected chi connectivity index (χ0v) is 18.2. The van der Waals surface area contributed by atoms with Gasteiger partial charge >= 0.3 is 5.91 Å². The summed E-state index contributed by atoms with van der Waals surface area (Å²) in [5.41, 5.74) is 3.13. The summed E-state index contributed by atoms with van der Waals surface area (Å²) in [7, 11) is 0. The van der Waals surface area contributed by atoms with Crippen LogP contribution in [0.3, 0.4) is 0 Å². The van der Waals surface area contributed by atoms with Gasteiger partial charge in [0.05, 0.1) is 23.5 Å². The van der Waals surface area contributed by atoms with Gasteiger partial charge in [0.25, 0.3) is 0 Å². The quantitative estimate of drug-likeness (QED) is 0.391. The van der Waals surface area contributed by atoms with Gasteiger partial charge < -0.3 is 13.9 Å². The summed E-state index contributed by atoms with van der Waals surface area (Å²) in [6.07, 6.45) is 1.96. The third kappa shape index (κ3) is 3.50. The van der Waals surface area contributed by atoms with Crippen LogP contribution in [0.2, 0.25) is 5.15 Å². The number of pyridine rings is 1. The number of fused-ring (bicyclic) bond motifs is 2. The molecule has 7 nitrogen and oxygen atoms in total. The Kier molecular flexibility index (Phi) is 4.77. The minimum absolute atomic E-state index is 0.211. The molecule has 0 fully saturated rings. The maximum Gasteiger partial charge on any atom is 0.310 e. The Morgan fingerprint density at radius 1 is 1.00 bits per heavy atom. The van der Waals surface area contributed by atoms with E-state index >= 15 is 0 Å². The molecule has 2 aromatic carbocycles. The molecule has 2 aliphatic heterocycles. The van der Waals surface area contributed by atoms with Gasteiger partial charge in [-0.15, -0.1) is 0 Å². The van der Waals surface area contributed by atoms with E-state index in [1.807, 2.05) is 48.5 Å². The zero-order chi connectivity index (χ0) is 22.4. The number of halogens is 1. The maximum absolute atomic E-state index is 13.3. The monoisotopic (exact) mass is 459 g/mol. The van der Waals surface area contributed by atoms with Gasteiger partial charge in [0.1, 0.15) is 18.4 Å². The molecule has 33 heavy (non-hydrogen) atoms. The number of furan rings is 1.